The van der Waals surface area contributed by atoms with Gasteiger partial charge in [-0.25, -0.2) is 0 Å². The van der Waals surface area contributed by atoms with Crippen LogP contribution in [0.3, 0.4) is 0 Å². The normalized spacial score (nSPS) is 18.5. The molecule has 1 unspecified atom stereocenters. The third-order valence-electron chi connectivity index (χ3n) is 3.67. The molecular formula is C16H21NO3S. The molecule has 0 aliphatic carbocycles. The van der Waals surface area contributed by atoms with Crippen molar-refractivity contribution in [1.29, 1.82) is 0 Å². The Labute approximate surface area is 129 Å². The van der Waals surface area contributed by atoms with Crippen LogP contribution in [-0.2, 0) is 16.0 Å². The first-order valence-electron chi connectivity index (χ1n) is 7.21. The number of amides is 1. The molecule has 0 radical (unpaired) electrons. The predicted octanol–water partition coefficient (Wildman–Crippen LogP) is 2.35. The zero-order chi connectivity index (χ0) is 15.2. The van der Waals surface area contributed by atoms with Crippen molar-refractivity contribution >= 4 is 23.6 Å². The van der Waals surface area contributed by atoms with Crippen molar-refractivity contribution in [2.75, 3.05) is 18.1 Å². The zero-order valence-electron chi connectivity index (χ0n) is 12.2. The summed E-state index contributed by atoms with van der Waals surface area (Å²) in [5.74, 6) is 0.858. The Morgan fingerprint density at radius 2 is 2.24 bits per heavy atom. The van der Waals surface area contributed by atoms with Crippen LogP contribution in [0.15, 0.2) is 24.3 Å². The average Bonchev–Trinajstić information content (AvgIpc) is 2.45. The summed E-state index contributed by atoms with van der Waals surface area (Å²) < 4.78 is 0. The monoisotopic (exact) mass is 307 g/mol. The van der Waals surface area contributed by atoms with Crippen molar-refractivity contribution in [2.45, 2.75) is 32.2 Å². The van der Waals surface area contributed by atoms with Gasteiger partial charge >= 0.3 is 5.97 Å². The van der Waals surface area contributed by atoms with E-state index in [0.717, 1.165) is 17.1 Å². The molecule has 4 nitrogen and oxygen atoms in total. The summed E-state index contributed by atoms with van der Waals surface area (Å²) in [6, 6.07) is 8.00. The second-order valence-electron chi connectivity index (χ2n) is 5.40. The number of nitrogens with zero attached hydrogens (tertiary/aromatic N) is 1. The highest BCUT2D eigenvalue weighted by Crippen LogP contribution is 2.20. The summed E-state index contributed by atoms with van der Waals surface area (Å²) >= 11 is 1.73. The number of thioether (sulfide) groups is 1. The van der Waals surface area contributed by atoms with Crippen LogP contribution < -0.4 is 0 Å². The molecule has 114 valence electrons. The lowest BCUT2D eigenvalue weighted by atomic mass is 10.1. The maximum Gasteiger partial charge on any atom is 0.305 e. The summed E-state index contributed by atoms with van der Waals surface area (Å²) in [5, 5.41) is 8.96. The first-order chi connectivity index (χ1) is 10.1. The molecule has 21 heavy (non-hydrogen) atoms. The van der Waals surface area contributed by atoms with Gasteiger partial charge in [-0.15, -0.1) is 0 Å². The number of hydrogen-bond acceptors (Lipinski definition) is 3. The highest BCUT2D eigenvalue weighted by atomic mass is 32.2. The molecule has 1 aromatic rings. The van der Waals surface area contributed by atoms with E-state index < -0.39 is 5.97 Å². The van der Waals surface area contributed by atoms with Crippen LogP contribution in [0.4, 0.5) is 0 Å². The summed E-state index contributed by atoms with van der Waals surface area (Å²) in [6.07, 6.45) is 1.21. The molecule has 5 heteroatoms. The molecule has 1 heterocycles. The number of carboxylic acid groups (broad SMARTS) is 1. The number of rotatable bonds is 5. The predicted molar refractivity (Wildman–Crippen MR) is 84.6 cm³/mol. The molecule has 1 aromatic carbocycles. The average molecular weight is 307 g/mol. The van der Waals surface area contributed by atoms with Crippen molar-refractivity contribution in [3.05, 3.63) is 35.4 Å². The standard InChI is InChI=1S/C16H21NO3S/c1-12-3-2-4-13(9-12)5-6-15(18)17-7-8-21-11-14(17)10-16(19)20/h2-4,9,14H,5-8,10-11H2,1H3,(H,19,20). The van der Waals surface area contributed by atoms with E-state index in [1.54, 1.807) is 16.7 Å². The van der Waals surface area contributed by atoms with E-state index >= 15 is 0 Å². The molecule has 0 aromatic heterocycles. The van der Waals surface area contributed by atoms with Crippen molar-refractivity contribution in [2.24, 2.45) is 0 Å². The fourth-order valence-corrected chi connectivity index (χ4v) is 3.68. The maximum atomic E-state index is 12.4. The minimum Gasteiger partial charge on any atom is -0.481 e. The molecule has 0 saturated carbocycles. The first kappa shape index (κ1) is 15.9. The number of benzene rings is 1. The van der Waals surface area contributed by atoms with Crippen molar-refractivity contribution in [3.8, 4) is 0 Å². The fraction of sp³-hybridized carbons (Fsp3) is 0.500. The van der Waals surface area contributed by atoms with E-state index in [2.05, 4.69) is 6.07 Å². The number of carbonyl (C=O) groups excluding carboxylic acids is 1. The third-order valence-corrected chi connectivity index (χ3v) is 4.76. The van der Waals surface area contributed by atoms with Gasteiger partial charge in [0.15, 0.2) is 0 Å². The summed E-state index contributed by atoms with van der Waals surface area (Å²) in [7, 11) is 0. The molecule has 1 fully saturated rings. The van der Waals surface area contributed by atoms with E-state index in [1.807, 2.05) is 25.1 Å². The van der Waals surface area contributed by atoms with Crippen LogP contribution >= 0.6 is 11.8 Å². The summed E-state index contributed by atoms with van der Waals surface area (Å²) in [5.41, 5.74) is 2.35. The van der Waals surface area contributed by atoms with Crippen molar-refractivity contribution < 1.29 is 14.7 Å². The van der Waals surface area contributed by atoms with Crippen LogP contribution in [0.1, 0.15) is 24.0 Å². The number of carbonyl (C=O) groups is 2. The largest absolute Gasteiger partial charge is 0.481 e. The molecule has 1 atom stereocenters. The number of aliphatic carboxylic acids is 1. The fourth-order valence-electron chi connectivity index (χ4n) is 2.62. The van der Waals surface area contributed by atoms with Crippen LogP contribution in [0, 0.1) is 6.92 Å². The zero-order valence-corrected chi connectivity index (χ0v) is 13.1. The van der Waals surface area contributed by atoms with Crippen LogP contribution in [-0.4, -0.2) is 46.0 Å². The quantitative estimate of drug-likeness (QED) is 0.907. The second kappa shape index (κ2) is 7.50. The van der Waals surface area contributed by atoms with Gasteiger partial charge in [-0.1, -0.05) is 29.8 Å². The minimum absolute atomic E-state index is 0.0448. The number of carboxylic acids is 1. The van der Waals surface area contributed by atoms with E-state index in [1.165, 1.54) is 5.56 Å². The van der Waals surface area contributed by atoms with E-state index in [-0.39, 0.29) is 18.4 Å². The van der Waals surface area contributed by atoms with Gasteiger partial charge < -0.3 is 10.0 Å². The lowest BCUT2D eigenvalue weighted by molar-refractivity contribution is -0.140. The Balaban J connectivity index is 1.92. The van der Waals surface area contributed by atoms with Crippen molar-refractivity contribution in [1.82, 2.24) is 4.90 Å². The van der Waals surface area contributed by atoms with Crippen LogP contribution in [0.25, 0.3) is 0 Å². The van der Waals surface area contributed by atoms with Gasteiger partial charge in [0.25, 0.3) is 0 Å². The van der Waals surface area contributed by atoms with Gasteiger partial charge in [-0.3, -0.25) is 9.59 Å². The summed E-state index contributed by atoms with van der Waals surface area (Å²) in [6.45, 7) is 2.70. The topological polar surface area (TPSA) is 57.6 Å². The molecule has 1 amide bonds. The molecule has 1 aliphatic rings. The minimum atomic E-state index is -0.834. The Kier molecular flexibility index (Phi) is 5.67. The Morgan fingerprint density at radius 1 is 1.43 bits per heavy atom. The van der Waals surface area contributed by atoms with E-state index in [0.29, 0.717) is 19.4 Å². The number of hydrogen-bond donors (Lipinski definition) is 1. The molecule has 1 saturated heterocycles. The molecule has 0 spiro atoms. The molecule has 1 N–H and O–H groups in total. The molecule has 2 rings (SSSR count). The lowest BCUT2D eigenvalue weighted by Gasteiger charge is -2.34. The van der Waals surface area contributed by atoms with Gasteiger partial charge in [0.05, 0.1) is 12.5 Å². The van der Waals surface area contributed by atoms with Crippen molar-refractivity contribution in [3.63, 3.8) is 0 Å². The molecule has 0 bridgehead atoms. The van der Waals surface area contributed by atoms with Gasteiger partial charge in [-0.05, 0) is 18.9 Å². The lowest BCUT2D eigenvalue weighted by Crippen LogP contribution is -2.47. The third kappa shape index (κ3) is 4.77. The van der Waals surface area contributed by atoms with Gasteiger partial charge in [0.2, 0.25) is 5.91 Å². The van der Waals surface area contributed by atoms with Crippen LogP contribution in [0.5, 0.6) is 0 Å². The SMILES string of the molecule is Cc1cccc(CCC(=O)N2CCSCC2CC(=O)O)c1. The highest BCUT2D eigenvalue weighted by molar-refractivity contribution is 7.99. The molecule has 1 aliphatic heterocycles. The smallest absolute Gasteiger partial charge is 0.305 e. The number of aryl methyl sites for hydroxylation is 2. The Morgan fingerprint density at radius 3 is 2.95 bits per heavy atom. The van der Waals surface area contributed by atoms with E-state index in [9.17, 15) is 9.59 Å². The van der Waals surface area contributed by atoms with Crippen LogP contribution in [0.2, 0.25) is 0 Å². The van der Waals surface area contributed by atoms with Gasteiger partial charge in [-0.2, -0.15) is 11.8 Å². The highest BCUT2D eigenvalue weighted by Gasteiger charge is 2.28. The Bertz CT molecular complexity index is 518. The summed E-state index contributed by atoms with van der Waals surface area (Å²) in [4.78, 5) is 25.0. The van der Waals surface area contributed by atoms with Gasteiger partial charge in [0.1, 0.15) is 0 Å². The van der Waals surface area contributed by atoms with E-state index in [4.69, 9.17) is 5.11 Å². The maximum absolute atomic E-state index is 12.4. The van der Waals surface area contributed by atoms with Gasteiger partial charge in [0, 0.05) is 24.5 Å². The Hall–Kier alpha value is -1.49. The first-order valence-corrected chi connectivity index (χ1v) is 8.36. The second-order valence-corrected chi connectivity index (χ2v) is 6.55. The molecular weight excluding hydrogens is 286 g/mol.